The molecule has 0 amide bonds. The van der Waals surface area contributed by atoms with Gasteiger partial charge >= 0.3 is 11.9 Å². The summed E-state index contributed by atoms with van der Waals surface area (Å²) >= 11 is 0. The summed E-state index contributed by atoms with van der Waals surface area (Å²) in [6.45, 7) is 4.98. The van der Waals surface area contributed by atoms with Gasteiger partial charge in [-0.1, -0.05) is 19.1 Å². The van der Waals surface area contributed by atoms with Crippen molar-refractivity contribution < 1.29 is 32.6 Å². The molecule has 0 atom stereocenters. The Morgan fingerprint density at radius 2 is 1.69 bits per heavy atom. The van der Waals surface area contributed by atoms with Gasteiger partial charge < -0.3 is 10.2 Å². The molecule has 10 heteroatoms. The van der Waals surface area contributed by atoms with Gasteiger partial charge in [0, 0.05) is 32.7 Å². The van der Waals surface area contributed by atoms with E-state index in [0.717, 1.165) is 5.56 Å². The predicted octanol–water partition coefficient (Wildman–Crippen LogP) is 0.839. The molecule has 1 aliphatic heterocycles. The van der Waals surface area contributed by atoms with Crippen LogP contribution >= 0.6 is 0 Å². The van der Waals surface area contributed by atoms with Crippen LogP contribution in [0.25, 0.3) is 0 Å². The number of halogens is 1. The molecule has 1 aromatic rings. The SMILES string of the molecule is CCCS(=O)(=O)N1CCN(Cc2cccc(F)c2)CC1.O=C(O)C(=O)O. The second-order valence-corrected chi connectivity index (χ2v) is 7.82. The van der Waals surface area contributed by atoms with Crippen LogP contribution in [0.4, 0.5) is 4.39 Å². The molecule has 146 valence electrons. The molecule has 2 N–H and O–H groups in total. The average Bonchev–Trinajstić information content (AvgIpc) is 2.56. The third-order valence-corrected chi connectivity index (χ3v) is 5.74. The third-order valence-electron chi connectivity index (χ3n) is 3.66. The lowest BCUT2D eigenvalue weighted by Gasteiger charge is -2.34. The van der Waals surface area contributed by atoms with E-state index in [9.17, 15) is 12.8 Å². The van der Waals surface area contributed by atoms with Gasteiger partial charge in [-0.15, -0.1) is 0 Å². The first-order chi connectivity index (χ1) is 12.2. The summed E-state index contributed by atoms with van der Waals surface area (Å²) in [6, 6.07) is 6.55. The minimum absolute atomic E-state index is 0.219. The Morgan fingerprint density at radius 1 is 1.12 bits per heavy atom. The van der Waals surface area contributed by atoms with E-state index in [1.54, 1.807) is 10.4 Å². The van der Waals surface area contributed by atoms with Crippen LogP contribution in [0.5, 0.6) is 0 Å². The minimum atomic E-state index is -3.09. The van der Waals surface area contributed by atoms with E-state index in [1.165, 1.54) is 12.1 Å². The van der Waals surface area contributed by atoms with Crippen LogP contribution < -0.4 is 0 Å². The summed E-state index contributed by atoms with van der Waals surface area (Å²) in [5.74, 6) is -3.66. The van der Waals surface area contributed by atoms with Crippen LogP contribution in [0.1, 0.15) is 18.9 Å². The molecule has 8 nitrogen and oxygen atoms in total. The predicted molar refractivity (Wildman–Crippen MR) is 92.6 cm³/mol. The van der Waals surface area contributed by atoms with Crippen LogP contribution in [0.3, 0.4) is 0 Å². The van der Waals surface area contributed by atoms with E-state index < -0.39 is 22.0 Å². The molecule has 0 unspecified atom stereocenters. The van der Waals surface area contributed by atoms with Crippen molar-refractivity contribution in [1.29, 1.82) is 0 Å². The van der Waals surface area contributed by atoms with Crippen LogP contribution in [0, 0.1) is 5.82 Å². The number of carbonyl (C=O) groups is 2. The monoisotopic (exact) mass is 390 g/mol. The Bertz CT molecular complexity index is 705. The van der Waals surface area contributed by atoms with E-state index in [2.05, 4.69) is 4.90 Å². The fourth-order valence-corrected chi connectivity index (χ4v) is 3.94. The van der Waals surface area contributed by atoms with Gasteiger partial charge in [0.25, 0.3) is 0 Å². The molecule has 1 heterocycles. The number of sulfonamides is 1. The van der Waals surface area contributed by atoms with E-state index >= 15 is 0 Å². The van der Waals surface area contributed by atoms with Crippen molar-refractivity contribution in [2.24, 2.45) is 0 Å². The van der Waals surface area contributed by atoms with Crippen molar-refractivity contribution in [3.63, 3.8) is 0 Å². The number of nitrogens with zero attached hydrogens (tertiary/aromatic N) is 2. The Labute approximate surface area is 151 Å². The third kappa shape index (κ3) is 7.46. The summed E-state index contributed by atoms with van der Waals surface area (Å²) < 4.78 is 38.6. The van der Waals surface area contributed by atoms with Gasteiger partial charge in [0.15, 0.2) is 0 Å². The molecule has 0 aliphatic carbocycles. The first-order valence-corrected chi connectivity index (χ1v) is 9.67. The molecule has 0 radical (unpaired) electrons. The van der Waals surface area contributed by atoms with Crippen molar-refractivity contribution in [2.75, 3.05) is 31.9 Å². The zero-order valence-electron chi connectivity index (χ0n) is 14.5. The number of aliphatic carboxylic acids is 2. The Kier molecular flexibility index (Phi) is 8.62. The standard InChI is InChI=1S/C14H21FN2O2S.C2H2O4/c1-2-10-20(18,19)17-8-6-16(7-9-17)12-13-4-3-5-14(15)11-13;3-1(4)2(5)6/h3-5,11H,2,6-10,12H2,1H3;(H,3,4)(H,5,6). The lowest BCUT2D eigenvalue weighted by Crippen LogP contribution is -2.48. The zero-order chi connectivity index (χ0) is 19.7. The Balaban J connectivity index is 0.000000487. The maximum absolute atomic E-state index is 13.1. The molecule has 0 bridgehead atoms. The minimum Gasteiger partial charge on any atom is -0.473 e. The highest BCUT2D eigenvalue weighted by Gasteiger charge is 2.25. The van der Waals surface area contributed by atoms with Gasteiger partial charge in [-0.05, 0) is 24.1 Å². The lowest BCUT2D eigenvalue weighted by molar-refractivity contribution is -0.159. The molecule has 2 rings (SSSR count). The highest BCUT2D eigenvalue weighted by atomic mass is 32.2. The van der Waals surface area contributed by atoms with Gasteiger partial charge in [-0.2, -0.15) is 4.31 Å². The van der Waals surface area contributed by atoms with Gasteiger partial charge in [-0.3, -0.25) is 4.90 Å². The summed E-state index contributed by atoms with van der Waals surface area (Å²) in [6.07, 6.45) is 0.645. The van der Waals surface area contributed by atoms with Crippen molar-refractivity contribution in [3.05, 3.63) is 35.6 Å². The van der Waals surface area contributed by atoms with Crippen molar-refractivity contribution in [3.8, 4) is 0 Å². The number of carboxylic acid groups (broad SMARTS) is 2. The Morgan fingerprint density at radius 3 is 2.15 bits per heavy atom. The molecular weight excluding hydrogens is 367 g/mol. The first-order valence-electron chi connectivity index (χ1n) is 8.06. The maximum Gasteiger partial charge on any atom is 0.414 e. The first kappa shape index (κ1) is 22.0. The maximum atomic E-state index is 13.1. The second-order valence-electron chi connectivity index (χ2n) is 5.73. The molecule has 1 fully saturated rings. The quantitative estimate of drug-likeness (QED) is 0.716. The Hall–Kier alpha value is -2.04. The molecular formula is C16H23FN2O6S. The van der Waals surface area contributed by atoms with Gasteiger partial charge in [-0.25, -0.2) is 22.4 Å². The van der Waals surface area contributed by atoms with E-state index in [1.807, 2.05) is 13.0 Å². The molecule has 26 heavy (non-hydrogen) atoms. The van der Waals surface area contributed by atoms with Gasteiger partial charge in [0.05, 0.1) is 5.75 Å². The van der Waals surface area contributed by atoms with Gasteiger partial charge in [0.1, 0.15) is 5.82 Å². The number of carboxylic acids is 2. The van der Waals surface area contributed by atoms with Crippen molar-refractivity contribution in [1.82, 2.24) is 9.21 Å². The normalized spacial score (nSPS) is 15.8. The highest BCUT2D eigenvalue weighted by Crippen LogP contribution is 2.13. The molecule has 1 aliphatic rings. The number of hydrogen-bond donors (Lipinski definition) is 2. The summed E-state index contributed by atoms with van der Waals surface area (Å²) in [5, 5.41) is 14.8. The lowest BCUT2D eigenvalue weighted by atomic mass is 10.2. The fourth-order valence-electron chi connectivity index (χ4n) is 2.45. The van der Waals surface area contributed by atoms with Crippen molar-refractivity contribution in [2.45, 2.75) is 19.9 Å². The van der Waals surface area contributed by atoms with E-state index in [4.69, 9.17) is 19.8 Å². The molecule has 0 aromatic heterocycles. The van der Waals surface area contributed by atoms with Crippen LogP contribution in [0.2, 0.25) is 0 Å². The molecule has 1 saturated heterocycles. The largest absolute Gasteiger partial charge is 0.473 e. The molecule has 0 saturated carbocycles. The number of hydrogen-bond acceptors (Lipinski definition) is 5. The number of piperazine rings is 1. The topological polar surface area (TPSA) is 115 Å². The average molecular weight is 390 g/mol. The van der Waals surface area contributed by atoms with Crippen LogP contribution in [-0.2, 0) is 26.2 Å². The molecule has 0 spiro atoms. The number of rotatable bonds is 5. The zero-order valence-corrected chi connectivity index (χ0v) is 15.3. The summed E-state index contributed by atoms with van der Waals surface area (Å²) in [4.78, 5) is 20.4. The number of benzene rings is 1. The van der Waals surface area contributed by atoms with Crippen LogP contribution in [0.15, 0.2) is 24.3 Å². The van der Waals surface area contributed by atoms with E-state index in [-0.39, 0.29) is 11.6 Å². The smallest absolute Gasteiger partial charge is 0.414 e. The highest BCUT2D eigenvalue weighted by molar-refractivity contribution is 7.89. The molecule has 1 aromatic carbocycles. The fraction of sp³-hybridized carbons (Fsp3) is 0.500. The van der Waals surface area contributed by atoms with Crippen molar-refractivity contribution >= 4 is 22.0 Å². The second kappa shape index (κ2) is 10.2. The van der Waals surface area contributed by atoms with E-state index in [0.29, 0.717) is 39.1 Å². The van der Waals surface area contributed by atoms with Gasteiger partial charge in [0.2, 0.25) is 10.0 Å². The van der Waals surface area contributed by atoms with Crippen LogP contribution in [-0.4, -0.2) is 71.7 Å². The summed E-state index contributed by atoms with van der Waals surface area (Å²) in [5.41, 5.74) is 0.926. The summed E-state index contributed by atoms with van der Waals surface area (Å²) in [7, 11) is -3.09.